The van der Waals surface area contributed by atoms with E-state index in [4.69, 9.17) is 9.26 Å². The first kappa shape index (κ1) is 18.4. The Kier molecular flexibility index (Phi) is 4.70. The molecule has 30 heavy (non-hydrogen) atoms. The first-order chi connectivity index (χ1) is 14.7. The van der Waals surface area contributed by atoms with Crippen LogP contribution in [0, 0.1) is 17.6 Å². The fraction of sp³-hybridized carbons (Fsp3) is 0.238. The summed E-state index contributed by atoms with van der Waals surface area (Å²) in [5.74, 6) is -0.393. The summed E-state index contributed by atoms with van der Waals surface area (Å²) in [6.07, 6.45) is 4.67. The number of nitrogens with zero attached hydrogens (tertiary/aromatic N) is 5. The van der Waals surface area contributed by atoms with E-state index in [0.717, 1.165) is 19.0 Å². The van der Waals surface area contributed by atoms with Crippen LogP contribution in [0.4, 0.5) is 8.78 Å². The van der Waals surface area contributed by atoms with E-state index in [9.17, 15) is 8.78 Å². The Morgan fingerprint density at radius 2 is 1.97 bits per heavy atom. The third kappa shape index (κ3) is 3.78. The van der Waals surface area contributed by atoms with Gasteiger partial charge in [-0.15, -0.1) is 0 Å². The lowest BCUT2D eigenvalue weighted by Gasteiger charge is -2.07. The highest BCUT2D eigenvalue weighted by Crippen LogP contribution is 2.30. The molecule has 3 heterocycles. The van der Waals surface area contributed by atoms with Crippen molar-refractivity contribution in [3.63, 3.8) is 0 Å². The molecule has 0 saturated heterocycles. The van der Waals surface area contributed by atoms with Crippen LogP contribution in [-0.2, 0) is 6.54 Å². The molecule has 152 valence electrons. The average molecular weight is 409 g/mol. The maximum absolute atomic E-state index is 14.2. The Morgan fingerprint density at radius 1 is 1.10 bits per heavy atom. The van der Waals surface area contributed by atoms with E-state index in [-0.39, 0.29) is 24.1 Å². The van der Waals surface area contributed by atoms with Gasteiger partial charge in [-0.1, -0.05) is 23.4 Å². The highest BCUT2D eigenvalue weighted by molar-refractivity contribution is 5.62. The van der Waals surface area contributed by atoms with Crippen molar-refractivity contribution in [1.82, 2.24) is 24.9 Å². The third-order valence-electron chi connectivity index (χ3n) is 4.85. The first-order valence-electron chi connectivity index (χ1n) is 9.55. The van der Waals surface area contributed by atoms with E-state index in [1.807, 2.05) is 0 Å². The lowest BCUT2D eigenvalue weighted by molar-refractivity contribution is 0.272. The van der Waals surface area contributed by atoms with Crippen LogP contribution in [0.25, 0.3) is 22.9 Å². The van der Waals surface area contributed by atoms with E-state index in [0.29, 0.717) is 35.2 Å². The van der Waals surface area contributed by atoms with Gasteiger partial charge in [-0.25, -0.2) is 9.37 Å². The van der Waals surface area contributed by atoms with Gasteiger partial charge < -0.3 is 9.26 Å². The van der Waals surface area contributed by atoms with Gasteiger partial charge in [-0.3, -0.25) is 4.68 Å². The minimum atomic E-state index is -0.623. The molecule has 4 aromatic rings. The summed E-state index contributed by atoms with van der Waals surface area (Å²) in [6.45, 7) is 0.598. The third-order valence-corrected chi connectivity index (χ3v) is 4.85. The summed E-state index contributed by atoms with van der Waals surface area (Å²) in [5, 5.41) is 8.47. The van der Waals surface area contributed by atoms with Crippen LogP contribution in [0.2, 0.25) is 0 Å². The smallest absolute Gasteiger partial charge is 0.254 e. The number of hydrogen-bond acceptors (Lipinski definition) is 6. The second kappa shape index (κ2) is 7.66. The maximum atomic E-state index is 14.2. The van der Waals surface area contributed by atoms with Crippen molar-refractivity contribution in [2.45, 2.75) is 19.4 Å². The predicted molar refractivity (Wildman–Crippen MR) is 102 cm³/mol. The number of ether oxygens (including phenoxy) is 1. The van der Waals surface area contributed by atoms with Crippen molar-refractivity contribution in [3.8, 4) is 28.8 Å². The molecular weight excluding hydrogens is 392 g/mol. The molecule has 1 fully saturated rings. The van der Waals surface area contributed by atoms with Crippen LogP contribution in [0.5, 0.6) is 5.88 Å². The average Bonchev–Trinajstić information content (AvgIpc) is 3.24. The van der Waals surface area contributed by atoms with Crippen LogP contribution in [-0.4, -0.2) is 31.5 Å². The molecule has 0 radical (unpaired) electrons. The van der Waals surface area contributed by atoms with Crippen LogP contribution in [0.3, 0.4) is 0 Å². The molecule has 9 heteroatoms. The second-order valence-electron chi connectivity index (χ2n) is 7.15. The Balaban J connectivity index is 1.51. The number of benzene rings is 1. The molecule has 0 bridgehead atoms. The summed E-state index contributed by atoms with van der Waals surface area (Å²) in [6, 6.07) is 9.83. The van der Waals surface area contributed by atoms with Gasteiger partial charge in [0.05, 0.1) is 25.0 Å². The van der Waals surface area contributed by atoms with Crippen molar-refractivity contribution in [3.05, 3.63) is 66.1 Å². The molecule has 3 aromatic heterocycles. The lowest BCUT2D eigenvalue weighted by atomic mass is 10.2. The fourth-order valence-electron chi connectivity index (χ4n) is 3.04. The Bertz CT molecular complexity index is 1170. The zero-order valence-corrected chi connectivity index (χ0v) is 15.8. The predicted octanol–water partition coefficient (Wildman–Crippen LogP) is 4.11. The number of aromatic nitrogens is 5. The number of rotatable bonds is 7. The molecule has 1 aromatic carbocycles. The number of hydrogen-bond donors (Lipinski definition) is 0. The van der Waals surface area contributed by atoms with Crippen molar-refractivity contribution >= 4 is 0 Å². The quantitative estimate of drug-likeness (QED) is 0.457. The highest BCUT2D eigenvalue weighted by atomic mass is 19.1. The van der Waals surface area contributed by atoms with Crippen LogP contribution < -0.4 is 4.74 Å². The molecule has 1 aliphatic rings. The fourth-order valence-corrected chi connectivity index (χ4v) is 3.04. The molecule has 1 saturated carbocycles. The summed E-state index contributed by atoms with van der Waals surface area (Å²) in [4.78, 5) is 8.25. The summed E-state index contributed by atoms with van der Waals surface area (Å²) < 4.78 is 40.3. The summed E-state index contributed by atoms with van der Waals surface area (Å²) in [7, 11) is 0. The van der Waals surface area contributed by atoms with Gasteiger partial charge >= 0.3 is 0 Å². The standard InChI is InChI=1S/C21H17F2N5O2/c22-15-4-2-1-3-14(15)11-28-19(17-7-8-30-27-17)9-18(26-28)20-24-10-16(23)21(25-20)29-12-13-5-6-13/h1-4,7-10,13H,5-6,11-12H2. The first-order valence-corrected chi connectivity index (χ1v) is 9.55. The van der Waals surface area contributed by atoms with E-state index in [2.05, 4.69) is 20.2 Å². The van der Waals surface area contributed by atoms with Gasteiger partial charge in [0.2, 0.25) is 5.82 Å². The summed E-state index contributed by atoms with van der Waals surface area (Å²) >= 11 is 0. The van der Waals surface area contributed by atoms with Gasteiger partial charge in [0, 0.05) is 11.6 Å². The Morgan fingerprint density at radius 3 is 2.73 bits per heavy atom. The van der Waals surface area contributed by atoms with Crippen LogP contribution in [0.15, 0.2) is 53.4 Å². The van der Waals surface area contributed by atoms with Crippen molar-refractivity contribution in [1.29, 1.82) is 0 Å². The lowest BCUT2D eigenvalue weighted by Crippen LogP contribution is -2.06. The minimum absolute atomic E-state index is 0.0986. The van der Waals surface area contributed by atoms with Crippen molar-refractivity contribution in [2.75, 3.05) is 6.61 Å². The highest BCUT2D eigenvalue weighted by Gasteiger charge is 2.24. The van der Waals surface area contributed by atoms with Crippen molar-refractivity contribution in [2.24, 2.45) is 5.92 Å². The van der Waals surface area contributed by atoms with Gasteiger partial charge in [0.1, 0.15) is 23.5 Å². The molecule has 0 unspecified atom stereocenters. The molecule has 5 rings (SSSR count). The molecule has 0 aliphatic heterocycles. The SMILES string of the molecule is Fc1ccccc1Cn1nc(-c2ncc(F)c(OCC3CC3)n2)cc1-c1ccon1. The van der Waals surface area contributed by atoms with E-state index in [1.165, 1.54) is 12.3 Å². The monoisotopic (exact) mass is 409 g/mol. The van der Waals surface area contributed by atoms with Gasteiger partial charge in [-0.2, -0.15) is 14.5 Å². The maximum Gasteiger partial charge on any atom is 0.254 e. The van der Waals surface area contributed by atoms with Gasteiger partial charge in [0.15, 0.2) is 5.82 Å². The minimum Gasteiger partial charge on any atom is -0.475 e. The van der Waals surface area contributed by atoms with Crippen LogP contribution in [0.1, 0.15) is 18.4 Å². The van der Waals surface area contributed by atoms with E-state index in [1.54, 1.807) is 35.0 Å². The molecule has 0 N–H and O–H groups in total. The zero-order valence-electron chi connectivity index (χ0n) is 15.8. The Hall–Kier alpha value is -3.62. The van der Waals surface area contributed by atoms with Gasteiger partial charge in [-0.05, 0) is 30.9 Å². The van der Waals surface area contributed by atoms with Gasteiger partial charge in [0.25, 0.3) is 5.88 Å². The molecule has 1 aliphatic carbocycles. The second-order valence-corrected chi connectivity index (χ2v) is 7.15. The number of halogens is 2. The topological polar surface area (TPSA) is 78.9 Å². The largest absolute Gasteiger partial charge is 0.475 e. The molecular formula is C21H17F2N5O2. The summed E-state index contributed by atoms with van der Waals surface area (Å²) in [5.41, 5.74) is 1.97. The molecule has 0 spiro atoms. The Labute approximate surface area is 170 Å². The molecule has 7 nitrogen and oxygen atoms in total. The van der Waals surface area contributed by atoms with Crippen LogP contribution >= 0.6 is 0 Å². The van der Waals surface area contributed by atoms with Crippen molar-refractivity contribution < 1.29 is 18.0 Å². The van der Waals surface area contributed by atoms with E-state index < -0.39 is 5.82 Å². The van der Waals surface area contributed by atoms with E-state index >= 15 is 0 Å². The molecule has 0 atom stereocenters. The zero-order chi connectivity index (χ0) is 20.5. The normalized spacial score (nSPS) is 13.5. The molecule has 0 amide bonds.